The summed E-state index contributed by atoms with van der Waals surface area (Å²) in [6, 6.07) is 16.4. The van der Waals surface area contributed by atoms with E-state index in [1.807, 2.05) is 24.3 Å². The third-order valence-corrected chi connectivity index (χ3v) is 3.55. The van der Waals surface area contributed by atoms with E-state index in [0.717, 1.165) is 11.3 Å². The van der Waals surface area contributed by atoms with E-state index in [0.29, 0.717) is 23.1 Å². The number of carbonyl (C=O) groups is 2. The Bertz CT molecular complexity index is 845. The van der Waals surface area contributed by atoms with Gasteiger partial charge in [-0.3, -0.25) is 14.9 Å². The minimum absolute atomic E-state index is 0.360. The summed E-state index contributed by atoms with van der Waals surface area (Å²) < 4.78 is 0. The number of rotatable bonds is 3. The fraction of sp³-hybridized carbons (Fsp3) is 0.0556. The molecule has 0 bridgehead atoms. The van der Waals surface area contributed by atoms with Gasteiger partial charge in [0.05, 0.1) is 18.1 Å². The number of nitrogens with zero attached hydrogens (tertiary/aromatic N) is 1. The van der Waals surface area contributed by atoms with E-state index in [9.17, 15) is 9.59 Å². The number of hydrogen-bond donors (Lipinski definition) is 2. The van der Waals surface area contributed by atoms with Crippen LogP contribution < -0.4 is 10.6 Å². The Kier molecular flexibility index (Phi) is 3.89. The molecular formula is C18H13N3O2. The van der Waals surface area contributed by atoms with Crippen LogP contribution in [-0.2, 0) is 11.2 Å². The SMILES string of the molecule is N#CCc1ccc(NC=C2C(=O)NC(=O)c3ccccc32)cc1. The summed E-state index contributed by atoms with van der Waals surface area (Å²) in [7, 11) is 0. The fourth-order valence-electron chi connectivity index (χ4n) is 2.38. The highest BCUT2D eigenvalue weighted by Gasteiger charge is 2.26. The van der Waals surface area contributed by atoms with Gasteiger partial charge in [-0.25, -0.2) is 0 Å². The van der Waals surface area contributed by atoms with Crippen LogP contribution in [0, 0.1) is 11.3 Å². The van der Waals surface area contributed by atoms with E-state index >= 15 is 0 Å². The first-order chi connectivity index (χ1) is 11.2. The molecule has 0 atom stereocenters. The average molecular weight is 303 g/mol. The standard InChI is InChI=1S/C18H13N3O2/c19-10-9-12-5-7-13(8-6-12)20-11-16-14-3-1-2-4-15(14)17(22)21-18(16)23/h1-8,11,20H,9H2,(H,21,22,23). The van der Waals surface area contributed by atoms with E-state index in [4.69, 9.17) is 5.26 Å². The number of carbonyl (C=O) groups excluding carboxylic acids is 2. The van der Waals surface area contributed by atoms with Crippen LogP contribution in [0.2, 0.25) is 0 Å². The summed E-state index contributed by atoms with van der Waals surface area (Å²) in [5.74, 6) is -0.814. The van der Waals surface area contributed by atoms with Gasteiger partial charge in [-0.1, -0.05) is 30.3 Å². The van der Waals surface area contributed by atoms with Gasteiger partial charge in [0.25, 0.3) is 11.8 Å². The van der Waals surface area contributed by atoms with E-state index in [1.165, 1.54) is 0 Å². The zero-order valence-electron chi connectivity index (χ0n) is 12.2. The molecule has 0 radical (unpaired) electrons. The number of amides is 2. The van der Waals surface area contributed by atoms with Gasteiger partial charge >= 0.3 is 0 Å². The molecule has 3 rings (SSSR count). The van der Waals surface area contributed by atoms with Crippen molar-refractivity contribution in [2.75, 3.05) is 5.32 Å². The Morgan fingerprint density at radius 2 is 1.70 bits per heavy atom. The molecule has 0 aliphatic carbocycles. The summed E-state index contributed by atoms with van der Waals surface area (Å²) >= 11 is 0. The molecule has 5 heteroatoms. The molecule has 2 aromatic carbocycles. The second-order valence-corrected chi connectivity index (χ2v) is 5.06. The van der Waals surface area contributed by atoms with Crippen LogP contribution in [0.3, 0.4) is 0 Å². The lowest BCUT2D eigenvalue weighted by atomic mass is 9.96. The molecule has 2 N–H and O–H groups in total. The number of fused-ring (bicyclic) bond motifs is 1. The van der Waals surface area contributed by atoms with Crippen molar-refractivity contribution in [3.05, 3.63) is 71.4 Å². The van der Waals surface area contributed by atoms with Crippen LogP contribution >= 0.6 is 0 Å². The van der Waals surface area contributed by atoms with Crippen LogP contribution in [0.25, 0.3) is 5.57 Å². The summed E-state index contributed by atoms with van der Waals surface area (Å²) in [6.45, 7) is 0. The smallest absolute Gasteiger partial charge is 0.260 e. The number of imide groups is 1. The first kappa shape index (κ1) is 14.5. The molecule has 0 spiro atoms. The first-order valence-electron chi connectivity index (χ1n) is 7.07. The zero-order valence-corrected chi connectivity index (χ0v) is 12.2. The van der Waals surface area contributed by atoms with Crippen molar-refractivity contribution in [3.63, 3.8) is 0 Å². The maximum Gasteiger partial charge on any atom is 0.260 e. The van der Waals surface area contributed by atoms with Gasteiger partial charge in [-0.05, 0) is 23.8 Å². The molecule has 2 amide bonds. The van der Waals surface area contributed by atoms with E-state index in [-0.39, 0.29) is 5.91 Å². The van der Waals surface area contributed by atoms with Crippen LogP contribution in [0.15, 0.2) is 54.7 Å². The van der Waals surface area contributed by atoms with Crippen molar-refractivity contribution in [1.82, 2.24) is 5.32 Å². The minimum atomic E-state index is -0.428. The average Bonchev–Trinajstić information content (AvgIpc) is 2.56. The van der Waals surface area contributed by atoms with Gasteiger partial charge in [0.1, 0.15) is 0 Å². The normalized spacial score (nSPS) is 14.8. The molecule has 112 valence electrons. The Hall–Kier alpha value is -3.39. The van der Waals surface area contributed by atoms with Crippen molar-refractivity contribution >= 4 is 23.1 Å². The Morgan fingerprint density at radius 3 is 2.39 bits per heavy atom. The lowest BCUT2D eigenvalue weighted by Gasteiger charge is -2.18. The zero-order chi connectivity index (χ0) is 16.2. The van der Waals surface area contributed by atoms with Gasteiger partial charge in [0.2, 0.25) is 0 Å². The first-order valence-corrected chi connectivity index (χ1v) is 7.07. The predicted molar refractivity (Wildman–Crippen MR) is 86.3 cm³/mol. The monoisotopic (exact) mass is 303 g/mol. The molecule has 0 saturated carbocycles. The van der Waals surface area contributed by atoms with Crippen LogP contribution in [0.5, 0.6) is 0 Å². The number of anilines is 1. The molecule has 0 aromatic heterocycles. The van der Waals surface area contributed by atoms with Crippen molar-refractivity contribution in [2.24, 2.45) is 0 Å². The lowest BCUT2D eigenvalue weighted by Crippen LogP contribution is -2.36. The van der Waals surface area contributed by atoms with Crippen molar-refractivity contribution in [1.29, 1.82) is 5.26 Å². The van der Waals surface area contributed by atoms with Gasteiger partial charge in [0, 0.05) is 23.0 Å². The van der Waals surface area contributed by atoms with Crippen LogP contribution in [0.1, 0.15) is 21.5 Å². The lowest BCUT2D eigenvalue weighted by molar-refractivity contribution is -0.114. The Balaban J connectivity index is 1.87. The minimum Gasteiger partial charge on any atom is -0.361 e. The third kappa shape index (κ3) is 2.97. The summed E-state index contributed by atoms with van der Waals surface area (Å²) in [6.07, 6.45) is 1.94. The highest BCUT2D eigenvalue weighted by Crippen LogP contribution is 2.24. The van der Waals surface area contributed by atoms with Gasteiger partial charge < -0.3 is 5.32 Å². The molecule has 0 saturated heterocycles. The summed E-state index contributed by atoms with van der Waals surface area (Å²) in [5.41, 5.74) is 3.21. The van der Waals surface area contributed by atoms with E-state index < -0.39 is 5.91 Å². The van der Waals surface area contributed by atoms with Crippen LogP contribution in [0.4, 0.5) is 5.69 Å². The number of benzene rings is 2. The quantitative estimate of drug-likeness (QED) is 0.674. The molecular weight excluding hydrogens is 290 g/mol. The second-order valence-electron chi connectivity index (χ2n) is 5.06. The maximum atomic E-state index is 12.1. The van der Waals surface area contributed by atoms with Crippen LogP contribution in [-0.4, -0.2) is 11.8 Å². The van der Waals surface area contributed by atoms with Gasteiger partial charge in [-0.2, -0.15) is 5.26 Å². The molecule has 23 heavy (non-hydrogen) atoms. The van der Waals surface area contributed by atoms with Gasteiger partial charge in [-0.15, -0.1) is 0 Å². The van der Waals surface area contributed by atoms with E-state index in [2.05, 4.69) is 16.7 Å². The summed E-state index contributed by atoms with van der Waals surface area (Å²) in [4.78, 5) is 23.9. The molecule has 2 aromatic rings. The molecule has 0 unspecified atom stereocenters. The van der Waals surface area contributed by atoms with Crippen molar-refractivity contribution in [2.45, 2.75) is 6.42 Å². The Morgan fingerprint density at radius 1 is 1.00 bits per heavy atom. The largest absolute Gasteiger partial charge is 0.361 e. The second kappa shape index (κ2) is 6.16. The number of hydrogen-bond acceptors (Lipinski definition) is 4. The predicted octanol–water partition coefficient (Wildman–Crippen LogP) is 2.48. The third-order valence-electron chi connectivity index (χ3n) is 3.55. The van der Waals surface area contributed by atoms with Crippen molar-refractivity contribution in [3.8, 4) is 6.07 Å². The number of nitrogens with one attached hydrogen (secondary N) is 2. The van der Waals surface area contributed by atoms with E-state index in [1.54, 1.807) is 30.5 Å². The number of nitriles is 1. The topological polar surface area (TPSA) is 82.0 Å². The Labute approximate surface area is 133 Å². The molecule has 5 nitrogen and oxygen atoms in total. The maximum absolute atomic E-state index is 12.1. The highest BCUT2D eigenvalue weighted by atomic mass is 16.2. The molecule has 1 aliphatic heterocycles. The fourth-order valence-corrected chi connectivity index (χ4v) is 2.38. The molecule has 1 heterocycles. The summed E-state index contributed by atoms with van der Waals surface area (Å²) in [5, 5.41) is 14.0. The molecule has 1 aliphatic rings. The molecule has 0 fully saturated rings. The van der Waals surface area contributed by atoms with Crippen molar-refractivity contribution < 1.29 is 9.59 Å². The van der Waals surface area contributed by atoms with Gasteiger partial charge in [0.15, 0.2) is 0 Å². The highest BCUT2D eigenvalue weighted by molar-refractivity contribution is 6.31.